The lowest BCUT2D eigenvalue weighted by molar-refractivity contribution is -0.142. The van der Waals surface area contributed by atoms with E-state index < -0.39 is 12.0 Å². The first-order valence-electron chi connectivity index (χ1n) is 4.69. The predicted molar refractivity (Wildman–Crippen MR) is 68.1 cm³/mol. The summed E-state index contributed by atoms with van der Waals surface area (Å²) in [5.74, 6) is -0.740. The van der Waals surface area contributed by atoms with Gasteiger partial charge < -0.3 is 10.1 Å². The number of amides is 1. The molecule has 1 N–H and O–H groups in total. The molecule has 16 heavy (non-hydrogen) atoms. The van der Waals surface area contributed by atoms with Gasteiger partial charge in [0.15, 0.2) is 0 Å². The molecule has 0 bridgehead atoms. The molecule has 0 fully saturated rings. The van der Waals surface area contributed by atoms with E-state index in [1.807, 2.05) is 6.07 Å². The third-order valence-electron chi connectivity index (χ3n) is 1.99. The van der Waals surface area contributed by atoms with Crippen LogP contribution in [0.25, 0.3) is 0 Å². The van der Waals surface area contributed by atoms with Crippen molar-refractivity contribution in [2.75, 3.05) is 7.11 Å². The first-order valence-corrected chi connectivity index (χ1v) is 5.76. The summed E-state index contributed by atoms with van der Waals surface area (Å²) < 4.78 is 5.49. The van der Waals surface area contributed by atoms with Crippen molar-refractivity contribution in [1.82, 2.24) is 5.32 Å². The maximum atomic E-state index is 11.7. The molecule has 0 saturated carbocycles. The van der Waals surface area contributed by atoms with Crippen LogP contribution in [0.4, 0.5) is 0 Å². The highest BCUT2D eigenvalue weighted by Crippen LogP contribution is 2.07. The second kappa shape index (κ2) is 5.83. The van der Waals surface area contributed by atoms with E-state index in [9.17, 15) is 9.59 Å². The Morgan fingerprint density at radius 1 is 1.44 bits per heavy atom. The van der Waals surface area contributed by atoms with Crippen LogP contribution in [0, 0.1) is 3.57 Å². The maximum Gasteiger partial charge on any atom is 0.328 e. The molecule has 0 aliphatic heterocycles. The summed E-state index contributed by atoms with van der Waals surface area (Å²) in [6.45, 7) is 1.58. The van der Waals surface area contributed by atoms with Crippen LogP contribution in [0.15, 0.2) is 24.3 Å². The SMILES string of the molecule is COC(=O)[C@H](C)NC(=O)c1cccc(I)c1. The number of carbonyl (C=O) groups is 2. The van der Waals surface area contributed by atoms with Crippen molar-refractivity contribution in [2.45, 2.75) is 13.0 Å². The summed E-state index contributed by atoms with van der Waals surface area (Å²) in [7, 11) is 1.29. The monoisotopic (exact) mass is 333 g/mol. The number of nitrogens with one attached hydrogen (secondary N) is 1. The number of halogens is 1. The van der Waals surface area contributed by atoms with Crippen LogP contribution in [0.1, 0.15) is 17.3 Å². The lowest BCUT2D eigenvalue weighted by Crippen LogP contribution is -2.39. The Kier molecular flexibility index (Phi) is 4.72. The number of carbonyl (C=O) groups excluding carboxylic acids is 2. The summed E-state index contributed by atoms with van der Waals surface area (Å²) >= 11 is 2.12. The third kappa shape index (κ3) is 3.48. The average Bonchev–Trinajstić information content (AvgIpc) is 2.27. The lowest BCUT2D eigenvalue weighted by Gasteiger charge is -2.11. The fourth-order valence-corrected chi connectivity index (χ4v) is 1.69. The van der Waals surface area contributed by atoms with Gasteiger partial charge in [-0.1, -0.05) is 6.07 Å². The standard InChI is InChI=1S/C11H12INO3/c1-7(11(15)16-2)13-10(14)8-4-3-5-9(12)6-8/h3-7H,1-2H3,(H,13,14)/t7-/m0/s1. The highest BCUT2D eigenvalue weighted by molar-refractivity contribution is 14.1. The third-order valence-corrected chi connectivity index (χ3v) is 2.66. The zero-order valence-electron chi connectivity index (χ0n) is 8.99. The van der Waals surface area contributed by atoms with Gasteiger partial charge in [0.1, 0.15) is 6.04 Å². The van der Waals surface area contributed by atoms with Crippen LogP contribution in [0.3, 0.4) is 0 Å². The number of esters is 1. The summed E-state index contributed by atoms with van der Waals surface area (Å²) in [6, 6.07) is 6.48. The Balaban J connectivity index is 2.69. The minimum atomic E-state index is -0.643. The van der Waals surface area contributed by atoms with Crippen molar-refractivity contribution in [1.29, 1.82) is 0 Å². The molecule has 5 heteroatoms. The van der Waals surface area contributed by atoms with E-state index in [-0.39, 0.29) is 5.91 Å². The summed E-state index contributed by atoms with van der Waals surface area (Å²) in [4.78, 5) is 22.8. The van der Waals surface area contributed by atoms with Crippen molar-refractivity contribution in [3.63, 3.8) is 0 Å². The first-order chi connectivity index (χ1) is 7.54. The lowest BCUT2D eigenvalue weighted by atomic mass is 10.2. The average molecular weight is 333 g/mol. The molecule has 1 atom stereocenters. The summed E-state index contributed by atoms with van der Waals surface area (Å²) in [5, 5.41) is 2.56. The Bertz CT molecular complexity index is 406. The molecule has 86 valence electrons. The quantitative estimate of drug-likeness (QED) is 0.675. The van der Waals surface area contributed by atoms with Gasteiger partial charge in [-0.15, -0.1) is 0 Å². The molecule has 0 heterocycles. The van der Waals surface area contributed by atoms with E-state index in [1.165, 1.54) is 7.11 Å². The Hall–Kier alpha value is -1.11. The Labute approximate surface area is 108 Å². The second-order valence-corrected chi connectivity index (χ2v) is 4.47. The normalized spacial score (nSPS) is 11.7. The summed E-state index contributed by atoms with van der Waals surface area (Å²) in [5.41, 5.74) is 0.530. The fourth-order valence-electron chi connectivity index (χ4n) is 1.15. The van der Waals surface area contributed by atoms with E-state index in [0.29, 0.717) is 5.56 Å². The molecular formula is C11H12INO3. The Morgan fingerprint density at radius 3 is 2.69 bits per heavy atom. The molecule has 0 unspecified atom stereocenters. The minimum absolute atomic E-state index is 0.281. The molecule has 0 radical (unpaired) electrons. The largest absolute Gasteiger partial charge is 0.467 e. The predicted octanol–water partition coefficient (Wildman–Crippen LogP) is 1.58. The topological polar surface area (TPSA) is 55.4 Å². The van der Waals surface area contributed by atoms with Crippen molar-refractivity contribution in [3.8, 4) is 0 Å². The van der Waals surface area contributed by atoms with Gasteiger partial charge >= 0.3 is 5.97 Å². The molecule has 1 rings (SSSR count). The second-order valence-electron chi connectivity index (χ2n) is 3.23. The molecule has 1 aromatic rings. The molecule has 0 saturated heterocycles. The maximum absolute atomic E-state index is 11.7. The van der Waals surface area contributed by atoms with Crippen LogP contribution < -0.4 is 5.32 Å². The van der Waals surface area contributed by atoms with E-state index in [4.69, 9.17) is 0 Å². The zero-order chi connectivity index (χ0) is 12.1. The highest BCUT2D eigenvalue weighted by atomic mass is 127. The van der Waals surface area contributed by atoms with Gasteiger partial charge in [0.2, 0.25) is 0 Å². The van der Waals surface area contributed by atoms with Crippen molar-refractivity contribution < 1.29 is 14.3 Å². The van der Waals surface area contributed by atoms with Gasteiger partial charge in [-0.25, -0.2) is 4.79 Å². The zero-order valence-corrected chi connectivity index (χ0v) is 11.1. The number of hydrogen-bond acceptors (Lipinski definition) is 3. The minimum Gasteiger partial charge on any atom is -0.467 e. The van der Waals surface area contributed by atoms with E-state index >= 15 is 0 Å². The van der Waals surface area contributed by atoms with Gasteiger partial charge in [-0.3, -0.25) is 4.79 Å². The van der Waals surface area contributed by atoms with E-state index in [0.717, 1.165) is 3.57 Å². The molecule has 1 amide bonds. The number of methoxy groups -OCH3 is 1. The number of rotatable bonds is 3. The van der Waals surface area contributed by atoms with Gasteiger partial charge in [0, 0.05) is 9.13 Å². The van der Waals surface area contributed by atoms with Crippen molar-refractivity contribution >= 4 is 34.5 Å². The number of ether oxygens (including phenoxy) is 1. The number of benzene rings is 1. The molecule has 0 spiro atoms. The van der Waals surface area contributed by atoms with Gasteiger partial charge in [0.05, 0.1) is 7.11 Å². The van der Waals surface area contributed by atoms with Gasteiger partial charge in [-0.2, -0.15) is 0 Å². The molecule has 0 aromatic heterocycles. The molecule has 1 aromatic carbocycles. The van der Waals surface area contributed by atoms with Crippen LogP contribution in [0.5, 0.6) is 0 Å². The molecule has 4 nitrogen and oxygen atoms in total. The van der Waals surface area contributed by atoms with E-state index in [1.54, 1.807) is 25.1 Å². The highest BCUT2D eigenvalue weighted by Gasteiger charge is 2.16. The number of hydrogen-bond donors (Lipinski definition) is 1. The van der Waals surface area contributed by atoms with Gasteiger partial charge in [0.25, 0.3) is 5.91 Å². The van der Waals surface area contributed by atoms with Crippen molar-refractivity contribution in [2.24, 2.45) is 0 Å². The van der Waals surface area contributed by atoms with E-state index in [2.05, 4.69) is 32.6 Å². The molecule has 0 aliphatic carbocycles. The fraction of sp³-hybridized carbons (Fsp3) is 0.273. The van der Waals surface area contributed by atoms with Crippen molar-refractivity contribution in [3.05, 3.63) is 33.4 Å². The smallest absolute Gasteiger partial charge is 0.328 e. The van der Waals surface area contributed by atoms with Gasteiger partial charge in [-0.05, 0) is 47.7 Å². The van der Waals surface area contributed by atoms with Crippen LogP contribution in [-0.4, -0.2) is 25.0 Å². The Morgan fingerprint density at radius 2 is 2.12 bits per heavy atom. The van der Waals surface area contributed by atoms with Crippen LogP contribution in [0.2, 0.25) is 0 Å². The first kappa shape index (κ1) is 13.0. The van der Waals surface area contributed by atoms with Crippen LogP contribution in [-0.2, 0) is 9.53 Å². The van der Waals surface area contributed by atoms with Crippen LogP contribution >= 0.6 is 22.6 Å². The molecule has 0 aliphatic rings. The molecular weight excluding hydrogens is 321 g/mol. The summed E-state index contributed by atoms with van der Waals surface area (Å²) in [6.07, 6.45) is 0.